The lowest BCUT2D eigenvalue weighted by atomic mass is 10.0. The summed E-state index contributed by atoms with van der Waals surface area (Å²) in [4.78, 5) is 33.7. The van der Waals surface area contributed by atoms with Crippen LogP contribution in [-0.4, -0.2) is 29.1 Å². The number of primary amides is 1. The number of nitrogens with one attached hydrogen (secondary N) is 2. The molecule has 0 aromatic heterocycles. The minimum Gasteiger partial charge on any atom is -0.478 e. The zero-order valence-corrected chi connectivity index (χ0v) is 11.9. The van der Waals surface area contributed by atoms with Gasteiger partial charge in [0.05, 0.1) is 5.56 Å². The smallest absolute Gasteiger partial charge is 0.335 e. The van der Waals surface area contributed by atoms with Crippen molar-refractivity contribution in [1.82, 2.24) is 10.6 Å². The molecular weight excluding hydrogens is 274 g/mol. The van der Waals surface area contributed by atoms with E-state index < -0.39 is 23.9 Å². The largest absolute Gasteiger partial charge is 0.478 e. The van der Waals surface area contributed by atoms with Crippen molar-refractivity contribution >= 4 is 17.9 Å². The summed E-state index contributed by atoms with van der Waals surface area (Å²) in [5.41, 5.74) is 5.99. The molecule has 1 unspecified atom stereocenters. The van der Waals surface area contributed by atoms with E-state index in [9.17, 15) is 14.4 Å². The van der Waals surface area contributed by atoms with E-state index in [1.165, 1.54) is 12.1 Å². The quantitative estimate of drug-likeness (QED) is 0.616. The van der Waals surface area contributed by atoms with Crippen LogP contribution in [0.5, 0.6) is 0 Å². The van der Waals surface area contributed by atoms with Gasteiger partial charge in [-0.25, -0.2) is 9.59 Å². The number of rotatable bonds is 6. The Hall–Kier alpha value is -2.57. The van der Waals surface area contributed by atoms with Crippen molar-refractivity contribution in [3.8, 4) is 0 Å². The Kier molecular flexibility index (Phi) is 5.71. The summed E-state index contributed by atoms with van der Waals surface area (Å²) in [6, 6.07) is 4.94. The average Bonchev–Trinajstić information content (AvgIpc) is 2.42. The molecule has 1 aromatic carbocycles. The monoisotopic (exact) mass is 293 g/mol. The van der Waals surface area contributed by atoms with Crippen molar-refractivity contribution in [3.05, 3.63) is 35.4 Å². The standard InChI is InChI=1S/C14H19N3O4/c1-8(2)11(12(15)18)17-14(21)16-7-9-4-3-5-10(6-9)13(19)20/h3-6,8,11H,7H2,1-2H3,(H2,15,18)(H,19,20)(H2,16,17,21). The van der Waals surface area contributed by atoms with Gasteiger partial charge in [0.2, 0.25) is 5.91 Å². The summed E-state index contributed by atoms with van der Waals surface area (Å²) in [7, 11) is 0. The highest BCUT2D eigenvalue weighted by Crippen LogP contribution is 2.05. The molecule has 114 valence electrons. The van der Waals surface area contributed by atoms with E-state index in [1.807, 2.05) is 0 Å². The summed E-state index contributed by atoms with van der Waals surface area (Å²) < 4.78 is 0. The molecular formula is C14H19N3O4. The number of carboxylic acid groups (broad SMARTS) is 1. The Morgan fingerprint density at radius 1 is 1.29 bits per heavy atom. The van der Waals surface area contributed by atoms with Gasteiger partial charge in [0, 0.05) is 6.54 Å². The first-order valence-corrected chi connectivity index (χ1v) is 6.47. The Labute approximate surface area is 122 Å². The minimum absolute atomic E-state index is 0.122. The predicted molar refractivity (Wildman–Crippen MR) is 76.6 cm³/mol. The summed E-state index contributed by atoms with van der Waals surface area (Å²) in [5.74, 6) is -1.76. The van der Waals surface area contributed by atoms with Crippen LogP contribution in [-0.2, 0) is 11.3 Å². The summed E-state index contributed by atoms with van der Waals surface area (Å²) >= 11 is 0. The van der Waals surface area contributed by atoms with Crippen LogP contribution in [0.25, 0.3) is 0 Å². The lowest BCUT2D eigenvalue weighted by Crippen LogP contribution is -2.50. The number of amides is 3. The van der Waals surface area contributed by atoms with Gasteiger partial charge in [0.1, 0.15) is 6.04 Å². The molecule has 5 N–H and O–H groups in total. The number of benzene rings is 1. The zero-order chi connectivity index (χ0) is 16.0. The fourth-order valence-corrected chi connectivity index (χ4v) is 1.76. The molecule has 0 saturated carbocycles. The minimum atomic E-state index is -1.03. The van der Waals surface area contributed by atoms with Crippen molar-refractivity contribution in [2.24, 2.45) is 11.7 Å². The van der Waals surface area contributed by atoms with Crippen molar-refractivity contribution in [3.63, 3.8) is 0 Å². The first kappa shape index (κ1) is 16.5. The maximum absolute atomic E-state index is 11.7. The Bertz CT molecular complexity index is 543. The number of hydrogen-bond acceptors (Lipinski definition) is 3. The first-order chi connectivity index (χ1) is 9.81. The Morgan fingerprint density at radius 2 is 1.95 bits per heavy atom. The Balaban J connectivity index is 2.58. The number of nitrogens with two attached hydrogens (primary N) is 1. The summed E-state index contributed by atoms with van der Waals surface area (Å²) in [5, 5.41) is 13.9. The number of aromatic carboxylic acids is 1. The van der Waals surface area contributed by atoms with Gasteiger partial charge < -0.3 is 21.5 Å². The van der Waals surface area contributed by atoms with Gasteiger partial charge in [-0.3, -0.25) is 4.79 Å². The topological polar surface area (TPSA) is 122 Å². The van der Waals surface area contributed by atoms with Crippen LogP contribution >= 0.6 is 0 Å². The molecule has 7 heteroatoms. The molecule has 0 saturated heterocycles. The van der Waals surface area contributed by atoms with E-state index in [0.29, 0.717) is 5.56 Å². The van der Waals surface area contributed by atoms with Gasteiger partial charge in [-0.2, -0.15) is 0 Å². The molecule has 0 aliphatic rings. The van der Waals surface area contributed by atoms with Crippen LogP contribution in [0.15, 0.2) is 24.3 Å². The highest BCUT2D eigenvalue weighted by molar-refractivity contribution is 5.88. The van der Waals surface area contributed by atoms with E-state index in [2.05, 4.69) is 10.6 Å². The van der Waals surface area contributed by atoms with E-state index in [4.69, 9.17) is 10.8 Å². The van der Waals surface area contributed by atoms with Gasteiger partial charge in [0.25, 0.3) is 0 Å². The molecule has 0 heterocycles. The van der Waals surface area contributed by atoms with Crippen LogP contribution in [0.2, 0.25) is 0 Å². The normalized spacial score (nSPS) is 11.8. The number of carboxylic acids is 1. The zero-order valence-electron chi connectivity index (χ0n) is 11.9. The lowest BCUT2D eigenvalue weighted by Gasteiger charge is -2.19. The first-order valence-electron chi connectivity index (χ1n) is 6.47. The molecule has 1 atom stereocenters. The number of urea groups is 1. The SMILES string of the molecule is CC(C)C(NC(=O)NCc1cccc(C(=O)O)c1)C(N)=O. The van der Waals surface area contributed by atoms with Crippen molar-refractivity contribution in [1.29, 1.82) is 0 Å². The second-order valence-corrected chi connectivity index (χ2v) is 4.96. The highest BCUT2D eigenvalue weighted by Gasteiger charge is 2.21. The van der Waals surface area contributed by atoms with E-state index in [0.717, 1.165) is 0 Å². The maximum Gasteiger partial charge on any atom is 0.335 e. The fraction of sp³-hybridized carbons (Fsp3) is 0.357. The molecule has 0 spiro atoms. The van der Waals surface area contributed by atoms with Crippen molar-refractivity contribution in [2.75, 3.05) is 0 Å². The van der Waals surface area contributed by atoms with Gasteiger partial charge in [-0.15, -0.1) is 0 Å². The number of hydrogen-bond donors (Lipinski definition) is 4. The molecule has 3 amide bonds. The van der Waals surface area contributed by atoms with Gasteiger partial charge in [-0.05, 0) is 23.6 Å². The van der Waals surface area contributed by atoms with Gasteiger partial charge >= 0.3 is 12.0 Å². The molecule has 0 aliphatic carbocycles. The summed E-state index contributed by atoms with van der Waals surface area (Å²) in [6.07, 6.45) is 0. The molecule has 0 aliphatic heterocycles. The lowest BCUT2D eigenvalue weighted by molar-refractivity contribution is -0.120. The van der Waals surface area contributed by atoms with E-state index in [-0.39, 0.29) is 18.0 Å². The molecule has 7 nitrogen and oxygen atoms in total. The fourth-order valence-electron chi connectivity index (χ4n) is 1.76. The average molecular weight is 293 g/mol. The van der Waals surface area contributed by atoms with Crippen LogP contribution in [0.4, 0.5) is 4.79 Å². The molecule has 21 heavy (non-hydrogen) atoms. The highest BCUT2D eigenvalue weighted by atomic mass is 16.4. The summed E-state index contributed by atoms with van der Waals surface area (Å²) in [6.45, 7) is 3.69. The van der Waals surface area contributed by atoms with Crippen LogP contribution in [0.3, 0.4) is 0 Å². The molecule has 0 bridgehead atoms. The van der Waals surface area contributed by atoms with E-state index in [1.54, 1.807) is 26.0 Å². The van der Waals surface area contributed by atoms with Crippen LogP contribution in [0, 0.1) is 5.92 Å². The Morgan fingerprint density at radius 3 is 2.48 bits per heavy atom. The van der Waals surface area contributed by atoms with E-state index >= 15 is 0 Å². The predicted octanol–water partition coefficient (Wildman–Crippen LogP) is 0.694. The van der Waals surface area contributed by atoms with Crippen LogP contribution < -0.4 is 16.4 Å². The van der Waals surface area contributed by atoms with Gasteiger partial charge in [-0.1, -0.05) is 26.0 Å². The second kappa shape index (κ2) is 7.28. The third-order valence-electron chi connectivity index (χ3n) is 2.89. The molecule has 1 rings (SSSR count). The third-order valence-corrected chi connectivity index (χ3v) is 2.89. The van der Waals surface area contributed by atoms with Gasteiger partial charge in [0.15, 0.2) is 0 Å². The third kappa shape index (κ3) is 5.13. The number of carbonyl (C=O) groups excluding carboxylic acids is 2. The second-order valence-electron chi connectivity index (χ2n) is 4.96. The molecule has 0 radical (unpaired) electrons. The molecule has 0 fully saturated rings. The van der Waals surface area contributed by atoms with Crippen LogP contribution in [0.1, 0.15) is 29.8 Å². The van der Waals surface area contributed by atoms with Crippen molar-refractivity contribution < 1.29 is 19.5 Å². The number of carbonyl (C=O) groups is 3. The maximum atomic E-state index is 11.7. The van der Waals surface area contributed by atoms with Crippen molar-refractivity contribution in [2.45, 2.75) is 26.4 Å². The molecule has 1 aromatic rings.